The van der Waals surface area contributed by atoms with Crippen molar-refractivity contribution in [3.05, 3.63) is 35.4 Å². The summed E-state index contributed by atoms with van der Waals surface area (Å²) in [6, 6.07) is 6.15. The molecule has 0 heterocycles. The third kappa shape index (κ3) is 4.08. The lowest BCUT2D eigenvalue weighted by molar-refractivity contribution is -0.330. The Bertz CT molecular complexity index is 497. The van der Waals surface area contributed by atoms with Gasteiger partial charge in [0.05, 0.1) is 0 Å². The molecule has 1 aromatic carbocycles. The fourth-order valence-electron chi connectivity index (χ4n) is 1.53. The van der Waals surface area contributed by atoms with Gasteiger partial charge < -0.3 is 0 Å². The van der Waals surface area contributed by atoms with Gasteiger partial charge in [-0.2, -0.15) is 30.7 Å². The van der Waals surface area contributed by atoms with Crippen LogP contribution in [0.4, 0.5) is 30.7 Å². The van der Waals surface area contributed by atoms with Crippen LogP contribution >= 0.6 is 11.8 Å². The molecule has 126 valence electrons. The van der Waals surface area contributed by atoms with Crippen LogP contribution in [0.15, 0.2) is 24.3 Å². The van der Waals surface area contributed by atoms with Crippen molar-refractivity contribution < 1.29 is 30.7 Å². The third-order valence-electron chi connectivity index (χ3n) is 2.96. The fourth-order valence-corrected chi connectivity index (χ4v) is 2.37. The highest BCUT2D eigenvalue weighted by Crippen LogP contribution is 2.52. The summed E-state index contributed by atoms with van der Waals surface area (Å²) in [6.45, 7) is 5.78. The Labute approximate surface area is 128 Å². The molecule has 0 bridgehead atoms. The molecule has 0 nitrogen and oxygen atoms in total. The highest BCUT2D eigenvalue weighted by atomic mass is 32.2. The van der Waals surface area contributed by atoms with Gasteiger partial charge in [-0.25, -0.2) is 0 Å². The zero-order valence-electron chi connectivity index (χ0n) is 12.1. The summed E-state index contributed by atoms with van der Waals surface area (Å²) < 4.78 is 87.7. The first-order valence-corrected chi connectivity index (χ1v) is 7.23. The van der Waals surface area contributed by atoms with Crippen LogP contribution in [0, 0.1) is 0 Å². The van der Waals surface area contributed by atoms with Crippen molar-refractivity contribution >= 4 is 11.8 Å². The van der Waals surface area contributed by atoms with E-state index in [1.54, 1.807) is 12.1 Å². The molecule has 0 N–H and O–H groups in total. The smallest absolute Gasteiger partial charge is 0.188 e. The van der Waals surface area contributed by atoms with Gasteiger partial charge in [0.25, 0.3) is 0 Å². The normalized spacial score (nSPS) is 14.3. The predicted octanol–water partition coefficient (Wildman–Crippen LogP) is 6.01. The zero-order valence-corrected chi connectivity index (χ0v) is 12.9. The molecule has 0 spiro atoms. The van der Waals surface area contributed by atoms with Crippen LogP contribution in [0.25, 0.3) is 0 Å². The summed E-state index contributed by atoms with van der Waals surface area (Å²) in [5.41, 5.74) is 0.961. The molecule has 0 aliphatic heterocycles. The number of alkyl halides is 7. The van der Waals surface area contributed by atoms with Gasteiger partial charge in [-0.1, -0.05) is 56.8 Å². The molecule has 0 atom stereocenters. The van der Waals surface area contributed by atoms with E-state index in [2.05, 4.69) is 0 Å². The van der Waals surface area contributed by atoms with E-state index in [4.69, 9.17) is 0 Å². The van der Waals surface area contributed by atoms with Crippen LogP contribution in [-0.2, 0) is 11.2 Å². The monoisotopic (exact) mass is 348 g/mol. The van der Waals surface area contributed by atoms with Gasteiger partial charge in [0, 0.05) is 5.75 Å². The molecule has 0 aromatic heterocycles. The van der Waals surface area contributed by atoms with Crippen molar-refractivity contribution in [3.8, 4) is 0 Å². The van der Waals surface area contributed by atoms with Gasteiger partial charge in [-0.15, -0.1) is 0 Å². The summed E-state index contributed by atoms with van der Waals surface area (Å²) in [5, 5.41) is -5.23. The highest BCUT2D eigenvalue weighted by molar-refractivity contribution is 7.99. The molecule has 0 fully saturated rings. The molecule has 0 aliphatic rings. The minimum atomic E-state index is -6.29. The molecule has 0 saturated carbocycles. The van der Waals surface area contributed by atoms with E-state index in [1.165, 1.54) is 12.1 Å². The Balaban J connectivity index is 2.81. The standard InChI is InChI=1S/C14H15F7S/c1-11(2,3)10-6-4-9(5-7-10)8-22-14(20,21)12(15,16)13(17,18)19/h4-7H,8H2,1-3H3. The number of hydrogen-bond donors (Lipinski definition) is 0. The zero-order chi connectivity index (χ0) is 17.4. The van der Waals surface area contributed by atoms with Gasteiger partial charge in [0.2, 0.25) is 0 Å². The second-order valence-corrected chi connectivity index (χ2v) is 6.91. The van der Waals surface area contributed by atoms with E-state index in [9.17, 15) is 30.7 Å². The van der Waals surface area contributed by atoms with E-state index < -0.39 is 34.9 Å². The highest BCUT2D eigenvalue weighted by Gasteiger charge is 2.73. The predicted molar refractivity (Wildman–Crippen MR) is 72.4 cm³/mol. The van der Waals surface area contributed by atoms with Crippen molar-refractivity contribution in [1.82, 2.24) is 0 Å². The second-order valence-electron chi connectivity index (χ2n) is 5.82. The number of benzene rings is 1. The van der Waals surface area contributed by atoms with Crippen LogP contribution < -0.4 is 0 Å². The lowest BCUT2D eigenvalue weighted by Gasteiger charge is -2.27. The van der Waals surface area contributed by atoms with Crippen molar-refractivity contribution in [2.24, 2.45) is 0 Å². The van der Waals surface area contributed by atoms with Crippen LogP contribution in [0.5, 0.6) is 0 Å². The van der Waals surface area contributed by atoms with Gasteiger partial charge in [0.1, 0.15) is 0 Å². The first-order chi connectivity index (χ1) is 9.68. The summed E-state index contributed by atoms with van der Waals surface area (Å²) >= 11 is -0.724. The molecule has 1 aromatic rings. The summed E-state index contributed by atoms with van der Waals surface area (Å²) in [4.78, 5) is 0. The summed E-state index contributed by atoms with van der Waals surface area (Å²) in [6.07, 6.45) is -6.29. The van der Waals surface area contributed by atoms with Crippen LogP contribution in [-0.4, -0.2) is 17.4 Å². The molecule has 0 aliphatic carbocycles. The van der Waals surface area contributed by atoms with Crippen LogP contribution in [0.3, 0.4) is 0 Å². The average Bonchev–Trinajstić information content (AvgIpc) is 2.34. The minimum Gasteiger partial charge on any atom is -0.188 e. The molecule has 0 saturated heterocycles. The van der Waals surface area contributed by atoms with Crippen LogP contribution in [0.1, 0.15) is 31.9 Å². The maximum absolute atomic E-state index is 13.1. The molecular formula is C14H15F7S. The van der Waals surface area contributed by atoms with Gasteiger partial charge in [-0.05, 0) is 16.5 Å². The average molecular weight is 348 g/mol. The molecule has 8 heteroatoms. The second kappa shape index (κ2) is 5.94. The number of hydrogen-bond acceptors (Lipinski definition) is 1. The minimum absolute atomic E-state index is 0.182. The van der Waals surface area contributed by atoms with Crippen molar-refractivity contribution in [2.75, 3.05) is 0 Å². The van der Waals surface area contributed by atoms with Crippen molar-refractivity contribution in [2.45, 2.75) is 49.3 Å². The lowest BCUT2D eigenvalue weighted by atomic mass is 9.87. The fraction of sp³-hybridized carbons (Fsp3) is 0.571. The number of rotatable bonds is 4. The molecule has 0 unspecified atom stereocenters. The molecule has 0 amide bonds. The van der Waals surface area contributed by atoms with E-state index >= 15 is 0 Å². The van der Waals surface area contributed by atoms with Crippen molar-refractivity contribution in [3.63, 3.8) is 0 Å². The molecule has 0 radical (unpaired) electrons. The quantitative estimate of drug-likeness (QED) is 0.601. The Morgan fingerprint density at radius 2 is 1.27 bits per heavy atom. The number of halogens is 7. The number of thioether (sulfide) groups is 1. The van der Waals surface area contributed by atoms with Gasteiger partial charge in [-0.3, -0.25) is 0 Å². The maximum Gasteiger partial charge on any atom is 0.460 e. The molecule has 1 rings (SSSR count). The Morgan fingerprint density at radius 3 is 1.64 bits per heavy atom. The Morgan fingerprint density at radius 1 is 0.818 bits per heavy atom. The maximum atomic E-state index is 13.1. The lowest BCUT2D eigenvalue weighted by Crippen LogP contribution is -2.50. The largest absolute Gasteiger partial charge is 0.460 e. The van der Waals surface area contributed by atoms with Crippen LogP contribution in [0.2, 0.25) is 0 Å². The van der Waals surface area contributed by atoms with E-state index in [0.717, 1.165) is 5.56 Å². The third-order valence-corrected chi connectivity index (χ3v) is 4.06. The Hall–Kier alpha value is -0.920. The van der Waals surface area contributed by atoms with E-state index in [0.29, 0.717) is 0 Å². The van der Waals surface area contributed by atoms with Crippen molar-refractivity contribution in [1.29, 1.82) is 0 Å². The summed E-state index contributed by atoms with van der Waals surface area (Å²) in [5.74, 6) is -6.72. The first kappa shape index (κ1) is 19.1. The first-order valence-electron chi connectivity index (χ1n) is 6.24. The van der Waals surface area contributed by atoms with E-state index in [1.807, 2.05) is 20.8 Å². The van der Waals surface area contributed by atoms with Gasteiger partial charge in [0.15, 0.2) is 0 Å². The van der Waals surface area contributed by atoms with E-state index in [-0.39, 0.29) is 11.0 Å². The Kier molecular flexibility index (Phi) is 5.16. The summed E-state index contributed by atoms with van der Waals surface area (Å²) in [7, 11) is 0. The van der Waals surface area contributed by atoms with Gasteiger partial charge >= 0.3 is 17.4 Å². The molecule has 22 heavy (non-hydrogen) atoms. The SMILES string of the molecule is CC(C)(C)c1ccc(CSC(F)(F)C(F)(F)C(F)(F)F)cc1. The topological polar surface area (TPSA) is 0 Å². The molecular weight excluding hydrogens is 333 g/mol.